The molecule has 2 N–H and O–H groups in total. The Kier molecular flexibility index (Phi) is 6.84. The maximum Gasteiger partial charge on any atom is 0.418 e. The zero-order valence-electron chi connectivity index (χ0n) is 15.0. The average molecular weight is 417 g/mol. The highest BCUT2D eigenvalue weighted by molar-refractivity contribution is 5.92. The van der Waals surface area contributed by atoms with Crippen LogP contribution < -0.4 is 16.1 Å². The fourth-order valence-corrected chi connectivity index (χ4v) is 3.08. The Morgan fingerprint density at radius 3 is 2.68 bits per heavy atom. The Morgan fingerprint density at radius 1 is 1.32 bits per heavy atom. The molecule has 152 valence electrons. The minimum absolute atomic E-state index is 0. The van der Waals surface area contributed by atoms with E-state index in [1.54, 1.807) is 0 Å². The fourth-order valence-electron chi connectivity index (χ4n) is 3.08. The molecular formula is C18H20ClF3N4O2. The van der Waals surface area contributed by atoms with Gasteiger partial charge in [0, 0.05) is 24.3 Å². The lowest BCUT2D eigenvalue weighted by Crippen LogP contribution is -2.47. The first-order chi connectivity index (χ1) is 12.8. The van der Waals surface area contributed by atoms with Crippen molar-refractivity contribution in [2.24, 2.45) is 0 Å². The van der Waals surface area contributed by atoms with Gasteiger partial charge in [0.2, 0.25) is 5.43 Å². The summed E-state index contributed by atoms with van der Waals surface area (Å²) in [6.45, 7) is 2.90. The van der Waals surface area contributed by atoms with E-state index in [1.165, 1.54) is 25.1 Å². The molecule has 1 aromatic heterocycles. The summed E-state index contributed by atoms with van der Waals surface area (Å²) in [6.07, 6.45) is -2.95. The second-order valence-electron chi connectivity index (χ2n) is 6.44. The molecule has 0 radical (unpaired) electrons. The van der Waals surface area contributed by atoms with Crippen molar-refractivity contribution in [2.75, 3.05) is 13.1 Å². The number of aromatic nitrogens is 2. The maximum absolute atomic E-state index is 13.3. The van der Waals surface area contributed by atoms with Crippen LogP contribution in [0.4, 0.5) is 13.2 Å². The van der Waals surface area contributed by atoms with E-state index in [9.17, 15) is 22.8 Å². The molecular weight excluding hydrogens is 397 g/mol. The van der Waals surface area contributed by atoms with Crippen LogP contribution in [-0.4, -0.2) is 34.8 Å². The van der Waals surface area contributed by atoms with Gasteiger partial charge in [0.25, 0.3) is 5.91 Å². The Balaban J connectivity index is 0.00000280. The first-order valence-electron chi connectivity index (χ1n) is 8.56. The first-order valence-corrected chi connectivity index (χ1v) is 8.56. The quantitative estimate of drug-likeness (QED) is 0.806. The van der Waals surface area contributed by atoms with Gasteiger partial charge < -0.3 is 10.6 Å². The minimum Gasteiger partial charge on any atom is -0.347 e. The highest BCUT2D eigenvalue weighted by Crippen LogP contribution is 2.33. The molecule has 1 atom stereocenters. The van der Waals surface area contributed by atoms with Crippen LogP contribution in [0.25, 0.3) is 5.69 Å². The zero-order chi connectivity index (χ0) is 19.6. The fraction of sp³-hybridized carbons (Fsp3) is 0.389. The molecule has 0 aliphatic carbocycles. The molecule has 0 spiro atoms. The standard InChI is InChI=1S/C18H19F3N4O2.ClH/c1-11-9-15(26)16(17(27)23-12-5-4-8-22-10-12)24-25(11)14-7-3-2-6-13(14)18(19,20)21;/h2-3,6-7,9,12,22H,4-5,8,10H2,1H3,(H,23,27);1H/t12-;/m0./s1. The predicted octanol–water partition coefficient (Wildman–Crippen LogP) is 2.46. The SMILES string of the molecule is Cc1cc(=O)c(C(=O)N[C@H]2CCCNC2)nn1-c1ccccc1C(F)(F)F.Cl. The summed E-state index contributed by atoms with van der Waals surface area (Å²) in [5.41, 5.74) is -1.99. The molecule has 1 fully saturated rings. The van der Waals surface area contributed by atoms with Crippen LogP contribution in [0.2, 0.25) is 0 Å². The number of alkyl halides is 3. The summed E-state index contributed by atoms with van der Waals surface area (Å²) in [4.78, 5) is 24.7. The van der Waals surface area contributed by atoms with Crippen molar-refractivity contribution in [3.63, 3.8) is 0 Å². The van der Waals surface area contributed by atoms with E-state index >= 15 is 0 Å². The zero-order valence-corrected chi connectivity index (χ0v) is 15.9. The van der Waals surface area contributed by atoms with E-state index in [0.29, 0.717) is 6.54 Å². The minimum atomic E-state index is -4.59. The molecule has 2 aromatic rings. The summed E-state index contributed by atoms with van der Waals surface area (Å²) < 4.78 is 41.0. The third kappa shape index (κ3) is 4.71. The van der Waals surface area contributed by atoms with Gasteiger partial charge in [-0.2, -0.15) is 18.3 Å². The van der Waals surface area contributed by atoms with Crippen LogP contribution in [-0.2, 0) is 6.18 Å². The number of hydrogen-bond donors (Lipinski definition) is 2. The Morgan fingerprint density at radius 2 is 2.04 bits per heavy atom. The third-order valence-corrected chi connectivity index (χ3v) is 4.39. The Bertz CT molecular complexity index is 908. The first kappa shape index (κ1) is 21.9. The van der Waals surface area contributed by atoms with Gasteiger partial charge >= 0.3 is 6.18 Å². The summed E-state index contributed by atoms with van der Waals surface area (Å²) in [5.74, 6) is -0.688. The number of piperidine rings is 1. The van der Waals surface area contributed by atoms with Crippen molar-refractivity contribution in [3.8, 4) is 5.69 Å². The van der Waals surface area contributed by atoms with Crippen molar-refractivity contribution in [2.45, 2.75) is 32.0 Å². The monoisotopic (exact) mass is 416 g/mol. The van der Waals surface area contributed by atoms with Crippen LogP contribution in [0.3, 0.4) is 0 Å². The van der Waals surface area contributed by atoms with E-state index in [2.05, 4.69) is 15.7 Å². The Labute approximate surface area is 165 Å². The number of aryl methyl sites for hydroxylation is 1. The molecule has 28 heavy (non-hydrogen) atoms. The number of carbonyl (C=O) groups is 1. The molecule has 1 aliphatic heterocycles. The smallest absolute Gasteiger partial charge is 0.347 e. The van der Waals surface area contributed by atoms with Crippen LogP contribution in [0.15, 0.2) is 35.1 Å². The maximum atomic E-state index is 13.3. The van der Waals surface area contributed by atoms with Crippen molar-refractivity contribution in [1.82, 2.24) is 20.4 Å². The number of carbonyl (C=O) groups excluding carboxylic acids is 1. The number of rotatable bonds is 3. The summed E-state index contributed by atoms with van der Waals surface area (Å²) in [7, 11) is 0. The number of halogens is 4. The lowest BCUT2D eigenvalue weighted by atomic mass is 10.1. The average Bonchev–Trinajstić information content (AvgIpc) is 2.62. The summed E-state index contributed by atoms with van der Waals surface area (Å²) in [5, 5.41) is 9.81. The van der Waals surface area contributed by atoms with Crippen molar-refractivity contribution in [3.05, 3.63) is 57.5 Å². The van der Waals surface area contributed by atoms with Gasteiger partial charge in [0.1, 0.15) is 0 Å². The summed E-state index contributed by atoms with van der Waals surface area (Å²) in [6, 6.07) is 5.87. The highest BCUT2D eigenvalue weighted by Gasteiger charge is 2.34. The van der Waals surface area contributed by atoms with Gasteiger partial charge in [-0.05, 0) is 38.4 Å². The number of benzene rings is 1. The third-order valence-electron chi connectivity index (χ3n) is 4.39. The van der Waals surface area contributed by atoms with Crippen LogP contribution >= 0.6 is 12.4 Å². The lowest BCUT2D eigenvalue weighted by Gasteiger charge is -2.23. The van der Waals surface area contributed by atoms with E-state index in [1.807, 2.05) is 0 Å². The van der Waals surface area contributed by atoms with E-state index in [-0.39, 0.29) is 29.8 Å². The largest absolute Gasteiger partial charge is 0.418 e. The molecule has 0 bridgehead atoms. The molecule has 1 aliphatic rings. The predicted molar refractivity (Wildman–Crippen MR) is 100 cm³/mol. The number of hydrogen-bond acceptors (Lipinski definition) is 4. The highest BCUT2D eigenvalue weighted by atomic mass is 35.5. The normalized spacial score (nSPS) is 16.9. The van der Waals surface area contributed by atoms with Gasteiger partial charge in [-0.3, -0.25) is 9.59 Å². The number of nitrogens with one attached hydrogen (secondary N) is 2. The van der Waals surface area contributed by atoms with E-state index in [4.69, 9.17) is 0 Å². The molecule has 3 rings (SSSR count). The second-order valence-corrected chi connectivity index (χ2v) is 6.44. The topological polar surface area (TPSA) is 76.0 Å². The van der Waals surface area contributed by atoms with Gasteiger partial charge in [-0.1, -0.05) is 12.1 Å². The van der Waals surface area contributed by atoms with Crippen molar-refractivity contribution in [1.29, 1.82) is 0 Å². The Hall–Kier alpha value is -2.39. The number of amides is 1. The number of nitrogens with zero attached hydrogens (tertiary/aromatic N) is 2. The lowest BCUT2D eigenvalue weighted by molar-refractivity contribution is -0.137. The van der Waals surface area contributed by atoms with E-state index in [0.717, 1.165) is 36.2 Å². The van der Waals surface area contributed by atoms with Gasteiger partial charge in [-0.15, -0.1) is 12.4 Å². The molecule has 2 heterocycles. The second kappa shape index (κ2) is 8.74. The molecule has 0 saturated carbocycles. The van der Waals surface area contributed by atoms with Crippen LogP contribution in [0, 0.1) is 6.92 Å². The molecule has 10 heteroatoms. The molecule has 1 aromatic carbocycles. The van der Waals surface area contributed by atoms with Crippen molar-refractivity contribution >= 4 is 18.3 Å². The molecule has 0 unspecified atom stereocenters. The van der Waals surface area contributed by atoms with Gasteiger partial charge in [0.15, 0.2) is 5.69 Å². The van der Waals surface area contributed by atoms with Crippen molar-refractivity contribution < 1.29 is 18.0 Å². The number of para-hydroxylation sites is 1. The molecule has 1 amide bonds. The molecule has 1 saturated heterocycles. The van der Waals surface area contributed by atoms with E-state index < -0.39 is 28.8 Å². The molecule has 6 nitrogen and oxygen atoms in total. The van der Waals surface area contributed by atoms with Gasteiger partial charge in [-0.25, -0.2) is 4.68 Å². The van der Waals surface area contributed by atoms with Gasteiger partial charge in [0.05, 0.1) is 11.3 Å². The summed E-state index contributed by atoms with van der Waals surface area (Å²) >= 11 is 0. The van der Waals surface area contributed by atoms with Crippen LogP contribution in [0.5, 0.6) is 0 Å². The van der Waals surface area contributed by atoms with Crippen LogP contribution in [0.1, 0.15) is 34.6 Å².